The van der Waals surface area contributed by atoms with Crippen molar-refractivity contribution in [3.05, 3.63) is 65.0 Å². The van der Waals surface area contributed by atoms with E-state index in [2.05, 4.69) is 10.6 Å². The Bertz CT molecular complexity index is 684. The summed E-state index contributed by atoms with van der Waals surface area (Å²) in [6, 6.07) is 11.7. The van der Waals surface area contributed by atoms with Crippen molar-refractivity contribution in [2.45, 2.75) is 19.4 Å². The van der Waals surface area contributed by atoms with Gasteiger partial charge in [0.05, 0.1) is 6.04 Å². The van der Waals surface area contributed by atoms with Crippen molar-refractivity contribution in [2.75, 3.05) is 11.9 Å². The summed E-state index contributed by atoms with van der Waals surface area (Å²) in [6.45, 7) is 2.76. The third kappa shape index (κ3) is 2.89. The molecule has 2 aromatic rings. The maximum atomic E-state index is 13.2. The van der Waals surface area contributed by atoms with Gasteiger partial charge < -0.3 is 10.6 Å². The monoisotopic (exact) mass is 284 g/mol. The quantitative estimate of drug-likeness (QED) is 0.908. The summed E-state index contributed by atoms with van der Waals surface area (Å²) in [5.74, 6) is -0.446. The van der Waals surface area contributed by atoms with Crippen molar-refractivity contribution in [3.63, 3.8) is 0 Å². The minimum atomic E-state index is -0.296. The van der Waals surface area contributed by atoms with Gasteiger partial charge in [0.15, 0.2) is 0 Å². The number of hydrogen-bond acceptors (Lipinski definition) is 2. The average Bonchev–Trinajstić information content (AvgIpc) is 2.94. The highest BCUT2D eigenvalue weighted by Crippen LogP contribution is 2.23. The van der Waals surface area contributed by atoms with Crippen LogP contribution in [0, 0.1) is 5.82 Å². The summed E-state index contributed by atoms with van der Waals surface area (Å²) in [4.78, 5) is 12.3. The maximum absolute atomic E-state index is 13.2. The molecule has 2 N–H and O–H groups in total. The SMILES string of the molecule is CC(NC(=O)c1ccc2c(c1)NCC2)c1cccc(F)c1. The van der Waals surface area contributed by atoms with Crippen molar-refractivity contribution in [1.82, 2.24) is 5.32 Å². The summed E-state index contributed by atoms with van der Waals surface area (Å²) in [5, 5.41) is 6.16. The summed E-state index contributed by atoms with van der Waals surface area (Å²) in [6.07, 6.45) is 0.997. The molecule has 2 aromatic carbocycles. The van der Waals surface area contributed by atoms with Crippen molar-refractivity contribution in [3.8, 4) is 0 Å². The van der Waals surface area contributed by atoms with Crippen LogP contribution in [0.1, 0.15) is 34.5 Å². The maximum Gasteiger partial charge on any atom is 0.251 e. The lowest BCUT2D eigenvalue weighted by atomic mass is 10.1. The molecular formula is C17H17FN2O. The Balaban J connectivity index is 1.74. The summed E-state index contributed by atoms with van der Waals surface area (Å²) in [7, 11) is 0. The highest BCUT2D eigenvalue weighted by molar-refractivity contribution is 5.95. The minimum absolute atomic E-state index is 0.150. The van der Waals surface area contributed by atoms with Gasteiger partial charge in [-0.05, 0) is 48.7 Å². The minimum Gasteiger partial charge on any atom is -0.384 e. The first kappa shape index (κ1) is 13.6. The van der Waals surface area contributed by atoms with Gasteiger partial charge in [-0.15, -0.1) is 0 Å². The van der Waals surface area contributed by atoms with Crippen LogP contribution >= 0.6 is 0 Å². The van der Waals surface area contributed by atoms with E-state index in [0.717, 1.165) is 24.2 Å². The van der Waals surface area contributed by atoms with E-state index in [1.165, 1.54) is 17.7 Å². The first-order valence-corrected chi connectivity index (χ1v) is 7.06. The van der Waals surface area contributed by atoms with Crippen molar-refractivity contribution < 1.29 is 9.18 Å². The molecule has 1 atom stereocenters. The van der Waals surface area contributed by atoms with Crippen LogP contribution in [0.5, 0.6) is 0 Å². The number of hydrogen-bond donors (Lipinski definition) is 2. The number of halogens is 1. The van der Waals surface area contributed by atoms with Gasteiger partial charge in [-0.3, -0.25) is 4.79 Å². The lowest BCUT2D eigenvalue weighted by molar-refractivity contribution is 0.0940. The molecule has 1 aliphatic heterocycles. The molecule has 1 heterocycles. The normalized spacial score (nSPS) is 14.2. The average molecular weight is 284 g/mol. The number of amides is 1. The largest absolute Gasteiger partial charge is 0.384 e. The van der Waals surface area contributed by atoms with E-state index >= 15 is 0 Å². The topological polar surface area (TPSA) is 41.1 Å². The third-order valence-electron chi connectivity index (χ3n) is 3.78. The van der Waals surface area contributed by atoms with Crippen LogP contribution in [0.4, 0.5) is 10.1 Å². The molecule has 1 aliphatic rings. The zero-order valence-electron chi connectivity index (χ0n) is 11.8. The van der Waals surface area contributed by atoms with Crippen LogP contribution in [0.15, 0.2) is 42.5 Å². The first-order chi connectivity index (χ1) is 10.1. The molecule has 0 saturated heterocycles. The van der Waals surface area contributed by atoms with E-state index in [1.807, 2.05) is 25.1 Å². The van der Waals surface area contributed by atoms with Gasteiger partial charge >= 0.3 is 0 Å². The molecule has 0 bridgehead atoms. The van der Waals surface area contributed by atoms with E-state index in [-0.39, 0.29) is 17.8 Å². The first-order valence-electron chi connectivity index (χ1n) is 7.06. The smallest absolute Gasteiger partial charge is 0.251 e. The molecule has 3 nitrogen and oxygen atoms in total. The molecule has 108 valence electrons. The second-order valence-electron chi connectivity index (χ2n) is 5.30. The molecule has 0 spiro atoms. The molecule has 3 rings (SSSR count). The zero-order valence-corrected chi connectivity index (χ0v) is 11.8. The Labute approximate surface area is 123 Å². The van der Waals surface area contributed by atoms with Crippen molar-refractivity contribution in [2.24, 2.45) is 0 Å². The lowest BCUT2D eigenvalue weighted by Crippen LogP contribution is -2.26. The Hall–Kier alpha value is -2.36. The van der Waals surface area contributed by atoms with Crippen LogP contribution in [0.2, 0.25) is 0 Å². The van der Waals surface area contributed by atoms with E-state index < -0.39 is 0 Å². The molecule has 0 fully saturated rings. The fraction of sp³-hybridized carbons (Fsp3) is 0.235. The number of nitrogens with one attached hydrogen (secondary N) is 2. The van der Waals surface area contributed by atoms with Crippen molar-refractivity contribution in [1.29, 1.82) is 0 Å². The molecule has 0 saturated carbocycles. The molecule has 4 heteroatoms. The zero-order chi connectivity index (χ0) is 14.8. The summed E-state index contributed by atoms with van der Waals surface area (Å²) >= 11 is 0. The van der Waals surface area contributed by atoms with Crippen LogP contribution in [-0.2, 0) is 6.42 Å². The summed E-state index contributed by atoms with van der Waals surface area (Å²) < 4.78 is 13.2. The van der Waals surface area contributed by atoms with Gasteiger partial charge in [0.1, 0.15) is 5.82 Å². The Morgan fingerprint density at radius 3 is 2.95 bits per heavy atom. The van der Waals surface area contributed by atoms with Crippen molar-refractivity contribution >= 4 is 11.6 Å². The second-order valence-corrected chi connectivity index (χ2v) is 5.30. The predicted octanol–water partition coefficient (Wildman–Crippen LogP) is 3.28. The molecular weight excluding hydrogens is 267 g/mol. The lowest BCUT2D eigenvalue weighted by Gasteiger charge is -2.15. The van der Waals surface area contributed by atoms with Gasteiger partial charge in [0, 0.05) is 17.8 Å². The third-order valence-corrected chi connectivity index (χ3v) is 3.78. The molecule has 1 unspecified atom stereocenters. The Morgan fingerprint density at radius 2 is 2.14 bits per heavy atom. The molecule has 0 aliphatic carbocycles. The number of rotatable bonds is 3. The van der Waals surface area contributed by atoms with Gasteiger partial charge in [-0.1, -0.05) is 18.2 Å². The van der Waals surface area contributed by atoms with Crippen LogP contribution in [-0.4, -0.2) is 12.5 Å². The number of fused-ring (bicyclic) bond motifs is 1. The van der Waals surface area contributed by atoms with Crippen LogP contribution in [0.25, 0.3) is 0 Å². The summed E-state index contributed by atoms with van der Waals surface area (Å²) in [5.41, 5.74) is 3.64. The fourth-order valence-electron chi connectivity index (χ4n) is 2.57. The van der Waals surface area contributed by atoms with Gasteiger partial charge in [0.25, 0.3) is 5.91 Å². The van der Waals surface area contributed by atoms with E-state index in [1.54, 1.807) is 12.1 Å². The number of carbonyl (C=O) groups is 1. The van der Waals surface area contributed by atoms with Gasteiger partial charge in [-0.2, -0.15) is 0 Å². The number of anilines is 1. The van der Waals surface area contributed by atoms with E-state index in [4.69, 9.17) is 0 Å². The Morgan fingerprint density at radius 1 is 1.29 bits per heavy atom. The fourth-order valence-corrected chi connectivity index (χ4v) is 2.57. The standard InChI is InChI=1S/C17H17FN2O/c1-11(13-3-2-4-15(18)9-13)20-17(21)14-6-5-12-7-8-19-16(12)10-14/h2-6,9-11,19H,7-8H2,1H3,(H,20,21). The Kier molecular flexibility index (Phi) is 3.60. The van der Waals surface area contributed by atoms with Gasteiger partial charge in [-0.25, -0.2) is 4.39 Å². The second kappa shape index (κ2) is 5.56. The molecule has 0 aromatic heterocycles. The molecule has 21 heavy (non-hydrogen) atoms. The van der Waals surface area contributed by atoms with E-state index in [9.17, 15) is 9.18 Å². The van der Waals surface area contributed by atoms with Gasteiger partial charge in [0.2, 0.25) is 0 Å². The van der Waals surface area contributed by atoms with Crippen LogP contribution in [0.3, 0.4) is 0 Å². The predicted molar refractivity (Wildman–Crippen MR) is 80.9 cm³/mol. The molecule has 0 radical (unpaired) electrons. The number of benzene rings is 2. The highest BCUT2D eigenvalue weighted by Gasteiger charge is 2.15. The highest BCUT2D eigenvalue weighted by atomic mass is 19.1. The number of carbonyl (C=O) groups excluding carboxylic acids is 1. The molecule has 1 amide bonds. The van der Waals surface area contributed by atoms with E-state index in [0.29, 0.717) is 5.56 Å². The van der Waals surface area contributed by atoms with Crippen LogP contribution < -0.4 is 10.6 Å².